The summed E-state index contributed by atoms with van der Waals surface area (Å²) < 4.78 is 5.41. The molecule has 0 aliphatic carbocycles. The molecule has 0 aliphatic rings. The van der Waals surface area contributed by atoms with Crippen molar-refractivity contribution >= 4 is 75.1 Å². The van der Waals surface area contributed by atoms with Crippen LogP contribution in [0.1, 0.15) is 6.92 Å². The Balaban J connectivity index is 1.81. The number of nitrogens with one attached hydrogen (secondary N) is 1. The number of rotatable bonds is 8. The van der Waals surface area contributed by atoms with Gasteiger partial charge < -0.3 is 4.74 Å². The second-order valence-corrected chi connectivity index (χ2v) is 8.44. The topological polar surface area (TPSA) is 81.2 Å². The van der Waals surface area contributed by atoms with Gasteiger partial charge in [0.15, 0.2) is 4.34 Å². The van der Waals surface area contributed by atoms with Crippen LogP contribution in [0.3, 0.4) is 0 Å². The smallest absolute Gasteiger partial charge is 0.316 e. The lowest BCUT2D eigenvalue weighted by atomic mass is 10.4. The molecule has 11 heteroatoms. The van der Waals surface area contributed by atoms with Crippen molar-refractivity contribution in [1.29, 1.82) is 0 Å². The van der Waals surface area contributed by atoms with E-state index < -0.39 is 0 Å². The van der Waals surface area contributed by atoms with Crippen LogP contribution in [0.25, 0.3) is 0 Å². The van der Waals surface area contributed by atoms with Gasteiger partial charge in [0.1, 0.15) is 0 Å². The molecule has 6 nitrogen and oxygen atoms in total. The van der Waals surface area contributed by atoms with Crippen molar-refractivity contribution in [1.82, 2.24) is 10.2 Å². The van der Waals surface area contributed by atoms with Crippen LogP contribution >= 0.6 is 58.1 Å². The van der Waals surface area contributed by atoms with E-state index in [1.54, 1.807) is 25.1 Å². The van der Waals surface area contributed by atoms with E-state index in [9.17, 15) is 9.59 Å². The molecule has 1 N–H and O–H groups in total. The monoisotopic (exact) mass is 437 g/mol. The summed E-state index contributed by atoms with van der Waals surface area (Å²) in [6, 6.07) is 5.07. The molecule has 25 heavy (non-hydrogen) atoms. The van der Waals surface area contributed by atoms with Gasteiger partial charge in [-0.2, -0.15) is 0 Å². The number of thioether (sulfide) groups is 2. The quantitative estimate of drug-likeness (QED) is 0.375. The lowest BCUT2D eigenvalue weighted by Crippen LogP contribution is -2.13. The third-order valence-corrected chi connectivity index (χ3v) is 6.20. The number of hydrogen-bond acceptors (Lipinski definition) is 8. The van der Waals surface area contributed by atoms with Crippen molar-refractivity contribution in [2.75, 3.05) is 23.4 Å². The number of halogens is 2. The Bertz CT molecular complexity index is 758. The van der Waals surface area contributed by atoms with Gasteiger partial charge in [0.25, 0.3) is 0 Å². The first-order valence-corrected chi connectivity index (χ1v) is 10.5. The van der Waals surface area contributed by atoms with Crippen LogP contribution in [0, 0.1) is 0 Å². The van der Waals surface area contributed by atoms with Gasteiger partial charge in [0.2, 0.25) is 11.0 Å². The molecule has 0 spiro atoms. The van der Waals surface area contributed by atoms with E-state index in [0.717, 1.165) is 4.90 Å². The molecule has 1 aromatic heterocycles. The average molecular weight is 438 g/mol. The normalized spacial score (nSPS) is 10.5. The minimum Gasteiger partial charge on any atom is -0.465 e. The summed E-state index contributed by atoms with van der Waals surface area (Å²) in [5.41, 5.74) is 0. The number of hydrogen-bond donors (Lipinski definition) is 1. The summed E-state index contributed by atoms with van der Waals surface area (Å²) in [6.45, 7) is 2.08. The Labute approximate surface area is 167 Å². The van der Waals surface area contributed by atoms with Crippen LogP contribution in [0.4, 0.5) is 5.13 Å². The number of carbonyl (C=O) groups is 2. The molecule has 1 amide bonds. The molecule has 0 fully saturated rings. The number of aromatic nitrogens is 2. The van der Waals surface area contributed by atoms with Gasteiger partial charge in [-0.3, -0.25) is 14.9 Å². The minimum atomic E-state index is -0.317. The molecule has 134 valence electrons. The predicted octanol–water partition coefficient (Wildman–Crippen LogP) is 4.23. The van der Waals surface area contributed by atoms with Crippen LogP contribution in [0.15, 0.2) is 27.4 Å². The standard InChI is InChI=1S/C14H13Cl2N3O3S3/c1-2-22-12(21)7-24-14-19-18-13(25-14)17-11(20)6-23-10-5-8(15)3-4-9(10)16/h3-5H,2,6-7H2,1H3,(H,17,18,20). The van der Waals surface area contributed by atoms with Gasteiger partial charge in [-0.05, 0) is 25.1 Å². The molecule has 1 heterocycles. The van der Waals surface area contributed by atoms with Crippen LogP contribution in [0.5, 0.6) is 0 Å². The Morgan fingerprint density at radius 1 is 1.24 bits per heavy atom. The lowest BCUT2D eigenvalue weighted by Gasteiger charge is -2.04. The SMILES string of the molecule is CCOC(=O)CSc1nnc(NC(=O)CSc2cc(Cl)ccc2Cl)s1. The summed E-state index contributed by atoms with van der Waals surface area (Å²) in [7, 11) is 0. The number of nitrogens with zero attached hydrogens (tertiary/aromatic N) is 2. The zero-order valence-electron chi connectivity index (χ0n) is 13.0. The first-order chi connectivity index (χ1) is 12.0. The van der Waals surface area contributed by atoms with Gasteiger partial charge in [0.05, 0.1) is 23.1 Å². The highest BCUT2D eigenvalue weighted by atomic mass is 35.5. The fourth-order valence-corrected chi connectivity index (χ4v) is 4.39. The largest absolute Gasteiger partial charge is 0.465 e. The highest BCUT2D eigenvalue weighted by molar-refractivity contribution is 8.01. The number of anilines is 1. The fourth-order valence-electron chi connectivity index (χ4n) is 1.53. The first-order valence-electron chi connectivity index (χ1n) is 6.97. The third kappa shape index (κ3) is 7.02. The summed E-state index contributed by atoms with van der Waals surface area (Å²) in [6.07, 6.45) is 0. The molecule has 0 bridgehead atoms. The second-order valence-electron chi connectivity index (χ2n) is 4.38. The molecular formula is C14H13Cl2N3O3S3. The van der Waals surface area contributed by atoms with Crippen molar-refractivity contribution in [3.05, 3.63) is 28.2 Å². The summed E-state index contributed by atoms with van der Waals surface area (Å²) >= 11 is 15.6. The third-order valence-electron chi connectivity index (χ3n) is 2.52. The lowest BCUT2D eigenvalue weighted by molar-refractivity contribution is -0.139. The van der Waals surface area contributed by atoms with E-state index in [-0.39, 0.29) is 23.4 Å². The van der Waals surface area contributed by atoms with Crippen LogP contribution in [-0.4, -0.2) is 40.2 Å². The van der Waals surface area contributed by atoms with Gasteiger partial charge in [-0.1, -0.05) is 46.3 Å². The molecule has 0 radical (unpaired) electrons. The fraction of sp³-hybridized carbons (Fsp3) is 0.286. The van der Waals surface area contributed by atoms with Crippen LogP contribution in [0.2, 0.25) is 10.0 Å². The predicted molar refractivity (Wildman–Crippen MR) is 103 cm³/mol. The van der Waals surface area contributed by atoms with Gasteiger partial charge in [-0.25, -0.2) is 0 Å². The summed E-state index contributed by atoms with van der Waals surface area (Å²) in [5.74, 6) is -0.243. The number of ether oxygens (including phenoxy) is 1. The maximum Gasteiger partial charge on any atom is 0.316 e. The molecule has 0 unspecified atom stereocenters. The molecule has 0 saturated heterocycles. The van der Waals surface area contributed by atoms with Crippen molar-refractivity contribution in [2.24, 2.45) is 0 Å². The summed E-state index contributed by atoms with van der Waals surface area (Å²) in [5, 5.41) is 11.9. The summed E-state index contributed by atoms with van der Waals surface area (Å²) in [4.78, 5) is 24.0. The Kier molecular flexibility index (Phi) is 8.31. The zero-order valence-corrected chi connectivity index (χ0v) is 16.9. The van der Waals surface area contributed by atoms with Crippen molar-refractivity contribution in [3.8, 4) is 0 Å². The maximum absolute atomic E-state index is 12.0. The molecule has 0 saturated carbocycles. The van der Waals surface area contributed by atoms with Crippen LogP contribution < -0.4 is 5.32 Å². The van der Waals surface area contributed by atoms with Crippen molar-refractivity contribution < 1.29 is 14.3 Å². The minimum absolute atomic E-state index is 0.152. The zero-order chi connectivity index (χ0) is 18.2. The van der Waals surface area contributed by atoms with Crippen molar-refractivity contribution in [3.63, 3.8) is 0 Å². The van der Waals surface area contributed by atoms with E-state index in [0.29, 0.717) is 26.1 Å². The number of benzene rings is 1. The maximum atomic E-state index is 12.0. The number of carbonyl (C=O) groups excluding carboxylic acids is 2. The van der Waals surface area contributed by atoms with E-state index in [1.165, 1.54) is 34.9 Å². The van der Waals surface area contributed by atoms with E-state index in [2.05, 4.69) is 15.5 Å². The van der Waals surface area contributed by atoms with E-state index >= 15 is 0 Å². The molecular weight excluding hydrogens is 425 g/mol. The Hall–Kier alpha value is -1.000. The van der Waals surface area contributed by atoms with Gasteiger partial charge in [-0.15, -0.1) is 22.0 Å². The molecule has 0 aliphatic heterocycles. The van der Waals surface area contributed by atoms with E-state index in [1.807, 2.05) is 0 Å². The van der Waals surface area contributed by atoms with Crippen LogP contribution in [-0.2, 0) is 14.3 Å². The molecule has 0 atom stereocenters. The number of esters is 1. The highest BCUT2D eigenvalue weighted by Gasteiger charge is 2.12. The second kappa shape index (κ2) is 10.2. The van der Waals surface area contributed by atoms with Crippen molar-refractivity contribution in [2.45, 2.75) is 16.2 Å². The average Bonchev–Trinajstić information content (AvgIpc) is 3.01. The van der Waals surface area contributed by atoms with Gasteiger partial charge >= 0.3 is 5.97 Å². The highest BCUT2D eigenvalue weighted by Crippen LogP contribution is 2.30. The molecule has 2 rings (SSSR count). The first kappa shape index (κ1) is 20.3. The van der Waals surface area contributed by atoms with E-state index in [4.69, 9.17) is 27.9 Å². The van der Waals surface area contributed by atoms with Gasteiger partial charge in [0, 0.05) is 9.92 Å². The number of amides is 1. The molecule has 1 aromatic carbocycles. The molecule has 2 aromatic rings. The Morgan fingerprint density at radius 2 is 2.04 bits per heavy atom. The Morgan fingerprint density at radius 3 is 2.80 bits per heavy atom.